The Hall–Kier alpha value is -3.67. The molecule has 0 aromatic carbocycles. The number of rotatable bonds is 45. The van der Waals surface area contributed by atoms with Gasteiger partial charge in [0, 0.05) is 19.3 Å². The van der Waals surface area contributed by atoms with E-state index in [2.05, 4.69) is 63.3 Å². The van der Waals surface area contributed by atoms with Crippen LogP contribution in [0.4, 0.5) is 0 Å². The topological polar surface area (TPSA) is 78.9 Å². The zero-order valence-electron chi connectivity index (χ0n) is 40.8. The fourth-order valence-corrected chi connectivity index (χ4v) is 6.89. The maximum Gasteiger partial charge on any atom is 0.306 e. The van der Waals surface area contributed by atoms with Crippen LogP contribution in [0.1, 0.15) is 226 Å². The highest BCUT2D eigenvalue weighted by atomic mass is 16.6. The van der Waals surface area contributed by atoms with Crippen molar-refractivity contribution in [2.75, 3.05) is 13.2 Å². The van der Waals surface area contributed by atoms with Gasteiger partial charge in [0.05, 0.1) is 0 Å². The number of ether oxygens (including phenoxy) is 3. The number of esters is 3. The molecule has 6 heteroatoms. The third-order valence-electron chi connectivity index (χ3n) is 10.8. The second-order valence-electron chi connectivity index (χ2n) is 16.9. The van der Waals surface area contributed by atoms with Gasteiger partial charge >= 0.3 is 17.9 Å². The Balaban J connectivity index is 4.51. The molecule has 0 rings (SSSR count). The van der Waals surface area contributed by atoms with Gasteiger partial charge in [-0.2, -0.15) is 0 Å². The van der Waals surface area contributed by atoms with Gasteiger partial charge in [0.25, 0.3) is 0 Å². The second-order valence-corrected chi connectivity index (χ2v) is 16.9. The second kappa shape index (κ2) is 51.0. The lowest BCUT2D eigenvalue weighted by molar-refractivity contribution is -0.167. The van der Waals surface area contributed by atoms with E-state index in [0.29, 0.717) is 19.3 Å². The van der Waals surface area contributed by atoms with Crippen molar-refractivity contribution in [1.29, 1.82) is 0 Å². The first-order chi connectivity index (χ1) is 31.0. The number of carbonyl (C=O) groups excluding carboxylic acids is 3. The van der Waals surface area contributed by atoms with Gasteiger partial charge in [-0.25, -0.2) is 0 Å². The van der Waals surface area contributed by atoms with Crippen molar-refractivity contribution in [2.24, 2.45) is 0 Å². The molecule has 0 amide bonds. The summed E-state index contributed by atoms with van der Waals surface area (Å²) in [7, 11) is 0. The molecule has 0 spiro atoms. The Bertz CT molecular complexity index is 1280. The Kier molecular flexibility index (Phi) is 48.0. The summed E-state index contributed by atoms with van der Waals surface area (Å²) in [6, 6.07) is 0. The minimum absolute atomic E-state index is 0.110. The summed E-state index contributed by atoms with van der Waals surface area (Å²) in [5, 5.41) is 0. The molecule has 63 heavy (non-hydrogen) atoms. The molecule has 0 aliphatic carbocycles. The van der Waals surface area contributed by atoms with Crippen molar-refractivity contribution >= 4 is 17.9 Å². The Morgan fingerprint density at radius 3 is 1.03 bits per heavy atom. The summed E-state index contributed by atoms with van der Waals surface area (Å²) >= 11 is 0. The van der Waals surface area contributed by atoms with Crippen LogP contribution in [0.15, 0.2) is 97.2 Å². The molecule has 0 aliphatic heterocycles. The van der Waals surface area contributed by atoms with Gasteiger partial charge in [0.2, 0.25) is 0 Å². The van der Waals surface area contributed by atoms with Crippen LogP contribution >= 0.6 is 0 Å². The van der Waals surface area contributed by atoms with Gasteiger partial charge in [0.1, 0.15) is 13.2 Å². The molecule has 0 aliphatic rings. The van der Waals surface area contributed by atoms with E-state index in [-0.39, 0.29) is 37.5 Å². The molecule has 0 saturated heterocycles. The smallest absolute Gasteiger partial charge is 0.306 e. The van der Waals surface area contributed by atoms with Crippen LogP contribution in [0.5, 0.6) is 0 Å². The first-order valence-electron chi connectivity index (χ1n) is 25.8. The van der Waals surface area contributed by atoms with Crippen molar-refractivity contribution in [3.8, 4) is 0 Å². The number of allylic oxidation sites excluding steroid dienone is 16. The molecule has 1 unspecified atom stereocenters. The van der Waals surface area contributed by atoms with Crippen LogP contribution < -0.4 is 0 Å². The normalized spacial score (nSPS) is 12.9. The summed E-state index contributed by atoms with van der Waals surface area (Å²) in [6.45, 7) is 6.39. The quantitative estimate of drug-likeness (QED) is 0.0262. The molecule has 0 aromatic rings. The molecule has 1 atom stereocenters. The van der Waals surface area contributed by atoms with Crippen molar-refractivity contribution in [1.82, 2.24) is 0 Å². The number of hydrogen-bond acceptors (Lipinski definition) is 6. The molecule has 358 valence electrons. The first-order valence-corrected chi connectivity index (χ1v) is 25.8. The van der Waals surface area contributed by atoms with E-state index >= 15 is 0 Å². The molecule has 0 aromatic heterocycles. The predicted molar refractivity (Wildman–Crippen MR) is 270 cm³/mol. The van der Waals surface area contributed by atoms with Crippen LogP contribution in [-0.4, -0.2) is 37.2 Å². The van der Waals surface area contributed by atoms with Gasteiger partial charge in [-0.3, -0.25) is 14.4 Å². The van der Waals surface area contributed by atoms with Crippen molar-refractivity contribution in [2.45, 2.75) is 232 Å². The molecular formula is C57H94O6. The SMILES string of the molecule is CC\C=C/C=C\C=C/C=C\C=C/CCCC(=O)OCC(COC(=O)CCCCCCC\C=C/C=C\C=C/CCCCCCC)OC(=O)CCCCCCCCCCCCCCCC. The molecule has 0 radical (unpaired) electrons. The van der Waals surface area contributed by atoms with E-state index in [4.69, 9.17) is 14.2 Å². The maximum absolute atomic E-state index is 12.8. The minimum atomic E-state index is -0.813. The molecule has 0 fully saturated rings. The van der Waals surface area contributed by atoms with E-state index < -0.39 is 6.10 Å². The molecule has 0 bridgehead atoms. The average Bonchev–Trinajstić information content (AvgIpc) is 3.28. The molecule has 0 heterocycles. The van der Waals surface area contributed by atoms with E-state index in [1.165, 1.54) is 103 Å². The number of hydrogen-bond donors (Lipinski definition) is 0. The fraction of sp³-hybridized carbons (Fsp3) is 0.667. The average molecular weight is 875 g/mol. The van der Waals surface area contributed by atoms with Gasteiger partial charge < -0.3 is 14.2 Å². The minimum Gasteiger partial charge on any atom is -0.462 e. The molecule has 0 saturated carbocycles. The van der Waals surface area contributed by atoms with E-state index in [1.807, 2.05) is 54.7 Å². The summed E-state index contributed by atoms with van der Waals surface area (Å²) in [5.41, 5.74) is 0. The highest BCUT2D eigenvalue weighted by Crippen LogP contribution is 2.15. The first kappa shape index (κ1) is 59.3. The Morgan fingerprint density at radius 2 is 0.635 bits per heavy atom. The summed E-state index contributed by atoms with van der Waals surface area (Å²) < 4.78 is 16.7. The zero-order chi connectivity index (χ0) is 45.8. The summed E-state index contributed by atoms with van der Waals surface area (Å²) in [6.07, 6.45) is 66.8. The third kappa shape index (κ3) is 49.2. The summed E-state index contributed by atoms with van der Waals surface area (Å²) in [5.74, 6) is -1.01. The lowest BCUT2D eigenvalue weighted by Gasteiger charge is -2.18. The van der Waals surface area contributed by atoms with Crippen LogP contribution in [0.3, 0.4) is 0 Å². The van der Waals surface area contributed by atoms with Crippen molar-refractivity contribution in [3.05, 3.63) is 97.2 Å². The predicted octanol–water partition coefficient (Wildman–Crippen LogP) is 17.0. The maximum atomic E-state index is 12.8. The monoisotopic (exact) mass is 875 g/mol. The Labute approximate surface area is 387 Å². The Morgan fingerprint density at radius 1 is 0.333 bits per heavy atom. The zero-order valence-corrected chi connectivity index (χ0v) is 40.8. The van der Waals surface area contributed by atoms with Gasteiger partial charge in [-0.05, 0) is 57.8 Å². The standard InChI is InChI=1S/C57H94O6/c1-4-7-10-13-16-19-22-25-27-28-29-30-33-35-38-41-44-47-50-56(59)62-53-54(52-61-55(58)49-46-43-40-37-34-31-24-21-18-15-12-9-6-3)63-57(60)51-48-45-42-39-36-32-26-23-20-17-14-11-8-5-2/h9,12,15,18,21-22,24-25,27-31,34,37,40,54H,4-8,10-11,13-14,16-17,19-20,23,26,32-33,35-36,38-39,41-53H2,1-3H3/b12-9-,18-15-,24-21-,25-22-,28-27-,30-29-,34-31-,40-37-. The van der Waals surface area contributed by atoms with Crippen molar-refractivity contribution < 1.29 is 28.6 Å². The lowest BCUT2D eigenvalue weighted by Crippen LogP contribution is -2.30. The van der Waals surface area contributed by atoms with Gasteiger partial charge in [0.15, 0.2) is 6.10 Å². The third-order valence-corrected chi connectivity index (χ3v) is 10.8. The highest BCUT2D eigenvalue weighted by molar-refractivity contribution is 5.71. The number of unbranched alkanes of at least 4 members (excludes halogenated alkanes) is 24. The highest BCUT2D eigenvalue weighted by Gasteiger charge is 2.19. The largest absolute Gasteiger partial charge is 0.462 e. The van der Waals surface area contributed by atoms with Crippen molar-refractivity contribution in [3.63, 3.8) is 0 Å². The van der Waals surface area contributed by atoms with Gasteiger partial charge in [-0.15, -0.1) is 0 Å². The van der Waals surface area contributed by atoms with Crippen LogP contribution in [0.2, 0.25) is 0 Å². The van der Waals surface area contributed by atoms with E-state index in [1.54, 1.807) is 0 Å². The molecule has 0 N–H and O–H groups in total. The van der Waals surface area contributed by atoms with Crippen LogP contribution in [-0.2, 0) is 28.6 Å². The molecular weight excluding hydrogens is 781 g/mol. The lowest BCUT2D eigenvalue weighted by atomic mass is 10.0. The van der Waals surface area contributed by atoms with Gasteiger partial charge in [-0.1, -0.05) is 246 Å². The van der Waals surface area contributed by atoms with Crippen LogP contribution in [0, 0.1) is 0 Å². The molecule has 6 nitrogen and oxygen atoms in total. The van der Waals surface area contributed by atoms with E-state index in [0.717, 1.165) is 77.0 Å². The van der Waals surface area contributed by atoms with E-state index in [9.17, 15) is 14.4 Å². The summed E-state index contributed by atoms with van der Waals surface area (Å²) in [4.78, 5) is 37.9. The fourth-order valence-electron chi connectivity index (χ4n) is 6.89. The van der Waals surface area contributed by atoms with Crippen LogP contribution in [0.25, 0.3) is 0 Å². The number of carbonyl (C=O) groups is 3.